The van der Waals surface area contributed by atoms with Gasteiger partial charge in [-0.1, -0.05) is 35.9 Å². The lowest BCUT2D eigenvalue weighted by molar-refractivity contribution is -0.142. The molecule has 3 nitrogen and oxygen atoms in total. The number of benzene rings is 2. The van der Waals surface area contributed by atoms with E-state index in [2.05, 4.69) is 6.58 Å². The van der Waals surface area contributed by atoms with Crippen LogP contribution in [-0.4, -0.2) is 17.7 Å². The van der Waals surface area contributed by atoms with Crippen LogP contribution in [0.25, 0.3) is 11.1 Å². The predicted molar refractivity (Wildman–Crippen MR) is 93.1 cm³/mol. The SMILES string of the molecule is C=CCc1cccc(COCC(=O)O)c1-c1cc(C(F)(F)F)ccc1Cl. The molecular formula is C19H16ClF3O3. The summed E-state index contributed by atoms with van der Waals surface area (Å²) in [7, 11) is 0. The van der Waals surface area contributed by atoms with Crippen molar-refractivity contribution in [3.63, 3.8) is 0 Å². The summed E-state index contributed by atoms with van der Waals surface area (Å²) in [5, 5.41) is 8.86. The number of carboxylic acid groups (broad SMARTS) is 1. The maximum Gasteiger partial charge on any atom is 0.416 e. The smallest absolute Gasteiger partial charge is 0.416 e. The molecular weight excluding hydrogens is 369 g/mol. The lowest BCUT2D eigenvalue weighted by atomic mass is 9.92. The summed E-state index contributed by atoms with van der Waals surface area (Å²) in [4.78, 5) is 10.6. The van der Waals surface area contributed by atoms with Gasteiger partial charge in [0, 0.05) is 10.6 Å². The molecule has 0 saturated carbocycles. The van der Waals surface area contributed by atoms with Gasteiger partial charge in [0.2, 0.25) is 0 Å². The molecule has 0 amide bonds. The highest BCUT2D eigenvalue weighted by Crippen LogP contribution is 2.39. The number of allylic oxidation sites excluding steroid dienone is 1. The molecule has 26 heavy (non-hydrogen) atoms. The van der Waals surface area contributed by atoms with E-state index < -0.39 is 24.3 Å². The van der Waals surface area contributed by atoms with Crippen molar-refractivity contribution in [2.24, 2.45) is 0 Å². The van der Waals surface area contributed by atoms with Crippen molar-refractivity contribution in [3.05, 3.63) is 70.8 Å². The Hall–Kier alpha value is -2.31. The number of carboxylic acids is 1. The number of aliphatic carboxylic acids is 1. The van der Waals surface area contributed by atoms with Crippen molar-refractivity contribution in [1.29, 1.82) is 0 Å². The Kier molecular flexibility index (Phi) is 6.45. The number of rotatable bonds is 7. The maximum atomic E-state index is 13.1. The van der Waals surface area contributed by atoms with Gasteiger partial charge in [0.1, 0.15) is 6.61 Å². The summed E-state index contributed by atoms with van der Waals surface area (Å²) in [6.45, 7) is 3.08. The maximum absolute atomic E-state index is 13.1. The number of ether oxygens (including phenoxy) is 1. The molecule has 0 saturated heterocycles. The van der Waals surface area contributed by atoms with E-state index in [1.54, 1.807) is 24.3 Å². The molecule has 2 aromatic carbocycles. The van der Waals surface area contributed by atoms with Crippen molar-refractivity contribution >= 4 is 17.6 Å². The average molecular weight is 385 g/mol. The van der Waals surface area contributed by atoms with Gasteiger partial charge in [-0.05, 0) is 41.3 Å². The Balaban J connectivity index is 2.58. The lowest BCUT2D eigenvalue weighted by Gasteiger charge is -2.17. The summed E-state index contributed by atoms with van der Waals surface area (Å²) in [5.41, 5.74) is 1.16. The third-order valence-electron chi connectivity index (χ3n) is 3.65. The van der Waals surface area contributed by atoms with Crippen molar-refractivity contribution in [1.82, 2.24) is 0 Å². The molecule has 0 spiro atoms. The van der Waals surface area contributed by atoms with Crippen LogP contribution in [0.4, 0.5) is 13.2 Å². The Morgan fingerprint density at radius 1 is 1.23 bits per heavy atom. The molecule has 0 fully saturated rings. The van der Waals surface area contributed by atoms with E-state index in [4.69, 9.17) is 21.4 Å². The van der Waals surface area contributed by atoms with Crippen molar-refractivity contribution in [2.75, 3.05) is 6.61 Å². The normalized spacial score (nSPS) is 11.4. The summed E-state index contributed by atoms with van der Waals surface area (Å²) >= 11 is 6.18. The minimum Gasteiger partial charge on any atom is -0.480 e. The van der Waals surface area contributed by atoms with Gasteiger partial charge in [-0.3, -0.25) is 0 Å². The highest BCUT2D eigenvalue weighted by molar-refractivity contribution is 6.33. The molecule has 2 rings (SSSR count). The quantitative estimate of drug-likeness (QED) is 0.654. The molecule has 0 aliphatic carbocycles. The molecule has 7 heteroatoms. The van der Waals surface area contributed by atoms with Crippen molar-refractivity contribution < 1.29 is 27.8 Å². The first-order valence-corrected chi connectivity index (χ1v) is 8.00. The van der Waals surface area contributed by atoms with Crippen LogP contribution in [0.2, 0.25) is 5.02 Å². The van der Waals surface area contributed by atoms with E-state index in [-0.39, 0.29) is 17.2 Å². The fourth-order valence-electron chi connectivity index (χ4n) is 2.59. The van der Waals surface area contributed by atoms with Gasteiger partial charge < -0.3 is 9.84 Å². The molecule has 0 radical (unpaired) electrons. The Morgan fingerprint density at radius 3 is 2.54 bits per heavy atom. The van der Waals surface area contributed by atoms with E-state index in [0.717, 1.165) is 17.7 Å². The number of carbonyl (C=O) groups is 1. The fourth-order valence-corrected chi connectivity index (χ4v) is 2.80. The van der Waals surface area contributed by atoms with Crippen LogP contribution in [-0.2, 0) is 28.7 Å². The molecule has 0 atom stereocenters. The zero-order valence-electron chi connectivity index (χ0n) is 13.6. The molecule has 0 aliphatic rings. The van der Waals surface area contributed by atoms with Crippen LogP contribution in [0.3, 0.4) is 0 Å². The highest BCUT2D eigenvalue weighted by atomic mass is 35.5. The van der Waals surface area contributed by atoms with Gasteiger partial charge in [-0.25, -0.2) is 4.79 Å². The third kappa shape index (κ3) is 4.86. The zero-order valence-corrected chi connectivity index (χ0v) is 14.4. The minimum absolute atomic E-state index is 0.0702. The molecule has 0 unspecified atom stereocenters. The molecule has 0 heterocycles. The fraction of sp³-hybridized carbons (Fsp3) is 0.211. The summed E-state index contributed by atoms with van der Waals surface area (Å²) in [6, 6.07) is 8.26. The topological polar surface area (TPSA) is 46.5 Å². The lowest BCUT2D eigenvalue weighted by Crippen LogP contribution is -2.08. The summed E-state index contributed by atoms with van der Waals surface area (Å²) < 4.78 is 44.4. The molecule has 0 aliphatic heterocycles. The second-order valence-electron chi connectivity index (χ2n) is 5.52. The first-order chi connectivity index (χ1) is 12.2. The Morgan fingerprint density at radius 2 is 1.92 bits per heavy atom. The van der Waals surface area contributed by atoms with Crippen LogP contribution < -0.4 is 0 Å². The van der Waals surface area contributed by atoms with Gasteiger partial charge in [0.25, 0.3) is 0 Å². The standard InChI is InChI=1S/C19H16ClF3O3/c1-2-4-12-5-3-6-13(10-26-11-17(24)25)18(12)15-9-14(19(21,22)23)7-8-16(15)20/h2-3,5-9H,1,4,10-11H2,(H,24,25). The van der Waals surface area contributed by atoms with Crippen LogP contribution in [0, 0.1) is 0 Å². The van der Waals surface area contributed by atoms with E-state index in [0.29, 0.717) is 17.5 Å². The monoisotopic (exact) mass is 384 g/mol. The molecule has 2 aromatic rings. The van der Waals surface area contributed by atoms with Gasteiger partial charge in [0.15, 0.2) is 0 Å². The van der Waals surface area contributed by atoms with Gasteiger partial charge in [-0.15, -0.1) is 6.58 Å². The Bertz CT molecular complexity index is 816. The first kappa shape index (κ1) is 20.0. The zero-order chi connectivity index (χ0) is 19.3. The van der Waals surface area contributed by atoms with Crippen molar-refractivity contribution in [2.45, 2.75) is 19.2 Å². The third-order valence-corrected chi connectivity index (χ3v) is 3.98. The molecule has 138 valence electrons. The average Bonchev–Trinajstić information content (AvgIpc) is 2.55. The number of halogens is 4. The number of hydrogen-bond donors (Lipinski definition) is 1. The van der Waals surface area contributed by atoms with Crippen LogP contribution in [0.5, 0.6) is 0 Å². The first-order valence-electron chi connectivity index (χ1n) is 7.62. The Labute approximate surface area is 153 Å². The predicted octanol–water partition coefficient (Wildman–Crippen LogP) is 5.36. The highest BCUT2D eigenvalue weighted by Gasteiger charge is 2.31. The molecule has 1 N–H and O–H groups in total. The van der Waals surface area contributed by atoms with Gasteiger partial charge >= 0.3 is 12.1 Å². The van der Waals surface area contributed by atoms with Gasteiger partial charge in [-0.2, -0.15) is 13.2 Å². The second kappa shape index (κ2) is 8.38. The minimum atomic E-state index is -4.51. The largest absolute Gasteiger partial charge is 0.480 e. The summed E-state index contributed by atoms with van der Waals surface area (Å²) in [5.74, 6) is -1.13. The molecule has 0 bridgehead atoms. The van der Waals surface area contributed by atoms with Gasteiger partial charge in [0.05, 0.1) is 12.2 Å². The van der Waals surface area contributed by atoms with Crippen molar-refractivity contribution in [3.8, 4) is 11.1 Å². The molecule has 0 aromatic heterocycles. The van der Waals surface area contributed by atoms with E-state index >= 15 is 0 Å². The van der Waals surface area contributed by atoms with E-state index in [1.165, 1.54) is 6.07 Å². The van der Waals surface area contributed by atoms with Crippen LogP contribution in [0.15, 0.2) is 49.1 Å². The van der Waals surface area contributed by atoms with Crippen LogP contribution >= 0.6 is 11.6 Å². The summed E-state index contributed by atoms with van der Waals surface area (Å²) in [6.07, 6.45) is -2.47. The number of hydrogen-bond acceptors (Lipinski definition) is 2. The van der Waals surface area contributed by atoms with Crippen LogP contribution in [0.1, 0.15) is 16.7 Å². The number of alkyl halides is 3. The van der Waals surface area contributed by atoms with E-state index in [1.807, 2.05) is 0 Å². The van der Waals surface area contributed by atoms with E-state index in [9.17, 15) is 18.0 Å². The second-order valence-corrected chi connectivity index (χ2v) is 5.93.